The fourth-order valence-electron chi connectivity index (χ4n) is 2.56. The van der Waals surface area contributed by atoms with E-state index >= 15 is 0 Å². The summed E-state index contributed by atoms with van der Waals surface area (Å²) in [4.78, 5) is 18.5. The van der Waals surface area contributed by atoms with Crippen LogP contribution in [0.3, 0.4) is 0 Å². The molecule has 144 valence electrons. The van der Waals surface area contributed by atoms with Gasteiger partial charge >= 0.3 is 0 Å². The average molecular weight is 398 g/mol. The molecule has 1 aromatic heterocycles. The van der Waals surface area contributed by atoms with Crippen molar-refractivity contribution in [2.24, 2.45) is 0 Å². The summed E-state index contributed by atoms with van der Waals surface area (Å²) in [5.41, 5.74) is 1.97. The van der Waals surface area contributed by atoms with Crippen molar-refractivity contribution in [3.8, 4) is 17.1 Å². The summed E-state index contributed by atoms with van der Waals surface area (Å²) in [7, 11) is 0. The third kappa shape index (κ3) is 5.20. The predicted octanol–water partition coefficient (Wildman–Crippen LogP) is 4.29. The number of amides is 1. The highest BCUT2D eigenvalue weighted by Gasteiger charge is 2.18. The molecule has 2 aromatic carbocycles. The second kappa shape index (κ2) is 9.19. The molecule has 0 aliphatic carbocycles. The van der Waals surface area contributed by atoms with E-state index in [2.05, 4.69) is 16.7 Å². The van der Waals surface area contributed by atoms with Gasteiger partial charge in [0.2, 0.25) is 11.7 Å². The number of ether oxygens (including phenoxy) is 1. The molecule has 0 radical (unpaired) electrons. The van der Waals surface area contributed by atoms with Crippen LogP contribution < -0.4 is 4.74 Å². The van der Waals surface area contributed by atoms with Gasteiger partial charge in [0, 0.05) is 17.1 Å². The van der Waals surface area contributed by atoms with Crippen LogP contribution in [0.2, 0.25) is 5.02 Å². The Hall–Kier alpha value is -3.12. The highest BCUT2D eigenvalue weighted by Crippen LogP contribution is 2.18. The van der Waals surface area contributed by atoms with E-state index in [-0.39, 0.29) is 19.1 Å². The van der Waals surface area contributed by atoms with Crippen LogP contribution in [0.15, 0.2) is 65.7 Å². The van der Waals surface area contributed by atoms with Crippen molar-refractivity contribution < 1.29 is 14.1 Å². The Balaban J connectivity index is 1.64. The zero-order valence-corrected chi connectivity index (χ0v) is 16.2. The van der Waals surface area contributed by atoms with Gasteiger partial charge in [0.05, 0.1) is 0 Å². The van der Waals surface area contributed by atoms with E-state index in [1.165, 1.54) is 4.90 Å². The van der Waals surface area contributed by atoms with E-state index in [1.807, 2.05) is 31.2 Å². The molecule has 3 aromatic rings. The van der Waals surface area contributed by atoms with Crippen LogP contribution in [-0.2, 0) is 11.3 Å². The number of carbonyl (C=O) groups is 1. The van der Waals surface area contributed by atoms with Gasteiger partial charge in [-0.1, -0.05) is 46.6 Å². The second-order valence-electron chi connectivity index (χ2n) is 6.19. The maximum absolute atomic E-state index is 12.5. The van der Waals surface area contributed by atoms with Crippen molar-refractivity contribution in [1.82, 2.24) is 15.0 Å². The Morgan fingerprint density at radius 2 is 2.07 bits per heavy atom. The number of carbonyl (C=O) groups excluding carboxylic acids is 1. The molecule has 7 heteroatoms. The third-order valence-electron chi connectivity index (χ3n) is 3.95. The SMILES string of the molecule is C=CCN(Cc1nc(-c2cccc(C)c2)no1)C(=O)COc1ccc(Cl)cc1. The summed E-state index contributed by atoms with van der Waals surface area (Å²) in [6.45, 7) is 6.09. The van der Waals surface area contributed by atoms with Crippen molar-refractivity contribution in [2.45, 2.75) is 13.5 Å². The maximum atomic E-state index is 12.5. The van der Waals surface area contributed by atoms with Crippen LogP contribution in [0.25, 0.3) is 11.4 Å². The average Bonchev–Trinajstić information content (AvgIpc) is 3.16. The summed E-state index contributed by atoms with van der Waals surface area (Å²) in [5, 5.41) is 4.61. The van der Waals surface area contributed by atoms with Crippen molar-refractivity contribution in [3.05, 3.63) is 77.7 Å². The van der Waals surface area contributed by atoms with Gasteiger partial charge in [-0.05, 0) is 37.3 Å². The normalized spacial score (nSPS) is 10.5. The molecule has 28 heavy (non-hydrogen) atoms. The fraction of sp³-hybridized carbons (Fsp3) is 0.190. The number of hydrogen-bond acceptors (Lipinski definition) is 5. The molecule has 1 heterocycles. The highest BCUT2D eigenvalue weighted by atomic mass is 35.5. The Kier molecular flexibility index (Phi) is 6.45. The molecular weight excluding hydrogens is 378 g/mol. The first kappa shape index (κ1) is 19.6. The lowest BCUT2D eigenvalue weighted by molar-refractivity contribution is -0.133. The van der Waals surface area contributed by atoms with E-state index in [0.29, 0.717) is 29.0 Å². The lowest BCUT2D eigenvalue weighted by Gasteiger charge is -2.19. The van der Waals surface area contributed by atoms with Gasteiger partial charge in [0.15, 0.2) is 6.61 Å². The molecule has 0 saturated carbocycles. The van der Waals surface area contributed by atoms with Crippen LogP contribution in [0, 0.1) is 6.92 Å². The Labute approximate surface area is 168 Å². The minimum absolute atomic E-state index is 0.117. The topological polar surface area (TPSA) is 68.5 Å². The Morgan fingerprint density at radius 3 is 2.79 bits per heavy atom. The second-order valence-corrected chi connectivity index (χ2v) is 6.62. The zero-order valence-electron chi connectivity index (χ0n) is 15.5. The largest absolute Gasteiger partial charge is 0.484 e. The summed E-state index contributed by atoms with van der Waals surface area (Å²) < 4.78 is 10.8. The van der Waals surface area contributed by atoms with Crippen molar-refractivity contribution in [1.29, 1.82) is 0 Å². The van der Waals surface area contributed by atoms with Crippen molar-refractivity contribution in [3.63, 3.8) is 0 Å². The fourth-order valence-corrected chi connectivity index (χ4v) is 2.69. The number of rotatable bonds is 8. The van der Waals surface area contributed by atoms with Crippen molar-refractivity contribution in [2.75, 3.05) is 13.2 Å². The lowest BCUT2D eigenvalue weighted by Crippen LogP contribution is -2.34. The summed E-state index contributed by atoms with van der Waals surface area (Å²) >= 11 is 5.85. The van der Waals surface area contributed by atoms with E-state index in [9.17, 15) is 4.79 Å². The number of benzene rings is 2. The quantitative estimate of drug-likeness (QED) is 0.530. The minimum atomic E-state index is -0.217. The monoisotopic (exact) mass is 397 g/mol. The summed E-state index contributed by atoms with van der Waals surface area (Å²) in [6.07, 6.45) is 1.64. The van der Waals surface area contributed by atoms with Gasteiger partial charge in [-0.25, -0.2) is 0 Å². The highest BCUT2D eigenvalue weighted by molar-refractivity contribution is 6.30. The molecule has 0 aliphatic heterocycles. The Bertz CT molecular complexity index is 954. The molecular formula is C21H20ClN3O3. The lowest BCUT2D eigenvalue weighted by atomic mass is 10.1. The maximum Gasteiger partial charge on any atom is 0.261 e. The predicted molar refractivity (Wildman–Crippen MR) is 107 cm³/mol. The molecule has 0 N–H and O–H groups in total. The molecule has 3 rings (SSSR count). The van der Waals surface area contributed by atoms with E-state index in [4.69, 9.17) is 20.9 Å². The molecule has 0 saturated heterocycles. The molecule has 1 amide bonds. The first-order chi connectivity index (χ1) is 13.5. The van der Waals surface area contributed by atoms with Crippen LogP contribution in [0.5, 0.6) is 5.75 Å². The van der Waals surface area contributed by atoms with E-state index in [1.54, 1.807) is 30.3 Å². The van der Waals surface area contributed by atoms with Gasteiger partial charge in [-0.15, -0.1) is 6.58 Å². The van der Waals surface area contributed by atoms with Gasteiger partial charge in [0.25, 0.3) is 5.91 Å². The molecule has 0 unspecified atom stereocenters. The number of nitrogens with zero attached hydrogens (tertiary/aromatic N) is 3. The molecule has 0 bridgehead atoms. The molecule has 0 fully saturated rings. The zero-order chi connectivity index (χ0) is 19.9. The summed E-state index contributed by atoms with van der Waals surface area (Å²) in [6, 6.07) is 14.6. The van der Waals surface area contributed by atoms with Gasteiger partial charge in [-0.3, -0.25) is 4.79 Å². The number of hydrogen-bond donors (Lipinski definition) is 0. The minimum Gasteiger partial charge on any atom is -0.484 e. The van der Waals surface area contributed by atoms with E-state index in [0.717, 1.165) is 11.1 Å². The summed E-state index contributed by atoms with van der Waals surface area (Å²) in [5.74, 6) is 1.18. The van der Waals surface area contributed by atoms with Gasteiger partial charge < -0.3 is 14.2 Å². The van der Waals surface area contributed by atoms with Crippen LogP contribution in [-0.4, -0.2) is 34.1 Å². The van der Waals surface area contributed by atoms with E-state index < -0.39 is 0 Å². The first-order valence-corrected chi connectivity index (χ1v) is 9.09. The molecule has 0 aliphatic rings. The Morgan fingerprint density at radius 1 is 1.29 bits per heavy atom. The van der Waals surface area contributed by atoms with Crippen LogP contribution in [0.4, 0.5) is 0 Å². The third-order valence-corrected chi connectivity index (χ3v) is 4.20. The molecule has 0 atom stereocenters. The smallest absolute Gasteiger partial charge is 0.261 e. The van der Waals surface area contributed by atoms with Crippen LogP contribution >= 0.6 is 11.6 Å². The number of aromatic nitrogens is 2. The number of aryl methyl sites for hydroxylation is 1. The number of halogens is 1. The van der Waals surface area contributed by atoms with Crippen molar-refractivity contribution >= 4 is 17.5 Å². The standard InChI is InChI=1S/C21H20ClN3O3/c1-3-11-25(20(26)14-27-18-9-7-17(22)8-10-18)13-19-23-21(24-28-19)16-6-4-5-15(2)12-16/h3-10,12H,1,11,13-14H2,2H3. The van der Waals surface area contributed by atoms with Gasteiger partial charge in [-0.2, -0.15) is 4.98 Å². The van der Waals surface area contributed by atoms with Crippen LogP contribution in [0.1, 0.15) is 11.5 Å². The first-order valence-electron chi connectivity index (χ1n) is 8.72. The van der Waals surface area contributed by atoms with Gasteiger partial charge in [0.1, 0.15) is 12.3 Å². The molecule has 6 nitrogen and oxygen atoms in total. The molecule has 0 spiro atoms.